The van der Waals surface area contributed by atoms with Gasteiger partial charge in [0.05, 0.1) is 15.8 Å². The number of halogens is 1. The van der Waals surface area contributed by atoms with E-state index in [9.17, 15) is 4.79 Å². The molecule has 0 saturated heterocycles. The van der Waals surface area contributed by atoms with Crippen LogP contribution in [0.3, 0.4) is 0 Å². The molecule has 0 unspecified atom stereocenters. The van der Waals surface area contributed by atoms with Gasteiger partial charge in [-0.1, -0.05) is 58.0 Å². The van der Waals surface area contributed by atoms with Gasteiger partial charge in [0.2, 0.25) is 0 Å². The number of benzene rings is 2. The van der Waals surface area contributed by atoms with E-state index in [0.29, 0.717) is 0 Å². The molecule has 0 radical (unpaired) electrons. The number of nitrogens with zero attached hydrogens (tertiary/aromatic N) is 1. The van der Waals surface area contributed by atoms with E-state index < -0.39 is 0 Å². The van der Waals surface area contributed by atoms with Gasteiger partial charge in [-0.3, -0.25) is 4.79 Å². The minimum absolute atomic E-state index is 0.120. The number of carbonyl (C=O) groups excluding carboxylic acids is 1. The Bertz CT molecular complexity index is 861. The molecule has 1 aromatic heterocycles. The summed E-state index contributed by atoms with van der Waals surface area (Å²) >= 11 is 4.90. The van der Waals surface area contributed by atoms with Crippen molar-refractivity contribution >= 4 is 44.4 Å². The number of aromatic nitrogens is 1. The Morgan fingerprint density at radius 1 is 1.13 bits per heavy atom. The van der Waals surface area contributed by atoms with Gasteiger partial charge >= 0.3 is 0 Å². The van der Waals surface area contributed by atoms with Crippen molar-refractivity contribution < 1.29 is 4.79 Å². The topological polar surface area (TPSA) is 30.0 Å². The largest absolute Gasteiger partial charge is 0.293 e. The van der Waals surface area contributed by atoms with Crippen molar-refractivity contribution in [1.82, 2.24) is 4.98 Å². The van der Waals surface area contributed by atoms with Crippen molar-refractivity contribution in [3.63, 3.8) is 0 Å². The molecule has 2 aromatic carbocycles. The van der Waals surface area contributed by atoms with E-state index in [-0.39, 0.29) is 11.0 Å². The maximum absolute atomic E-state index is 12.5. The van der Waals surface area contributed by atoms with E-state index in [1.165, 1.54) is 17.3 Å². The van der Waals surface area contributed by atoms with Gasteiger partial charge in [-0.15, -0.1) is 0 Å². The average Bonchev–Trinajstić information content (AvgIpc) is 2.55. The zero-order valence-electron chi connectivity index (χ0n) is 12.9. The van der Waals surface area contributed by atoms with Gasteiger partial charge in [0, 0.05) is 15.4 Å². The van der Waals surface area contributed by atoms with Crippen LogP contribution < -0.4 is 0 Å². The van der Waals surface area contributed by atoms with E-state index >= 15 is 0 Å². The summed E-state index contributed by atoms with van der Waals surface area (Å²) in [7, 11) is 0. The third-order valence-electron chi connectivity index (χ3n) is 3.70. The molecule has 3 aromatic rings. The van der Waals surface area contributed by atoms with Crippen molar-refractivity contribution in [2.45, 2.75) is 24.1 Å². The normalized spacial score (nSPS) is 12.3. The average molecular weight is 386 g/mol. The second kappa shape index (κ2) is 6.85. The number of rotatable bonds is 4. The molecule has 0 aliphatic heterocycles. The number of ketones is 1. The Morgan fingerprint density at radius 3 is 2.57 bits per heavy atom. The molecule has 23 heavy (non-hydrogen) atoms. The predicted molar refractivity (Wildman–Crippen MR) is 100 cm³/mol. The third-order valence-corrected chi connectivity index (χ3v) is 5.24. The summed E-state index contributed by atoms with van der Waals surface area (Å²) in [5.41, 5.74) is 2.88. The highest BCUT2D eigenvalue weighted by molar-refractivity contribution is 9.10. The molecular formula is C19H16BrNOS. The van der Waals surface area contributed by atoms with E-state index in [0.717, 1.165) is 26.0 Å². The van der Waals surface area contributed by atoms with Gasteiger partial charge in [-0.05, 0) is 43.7 Å². The van der Waals surface area contributed by atoms with Gasteiger partial charge in [0.15, 0.2) is 5.78 Å². The summed E-state index contributed by atoms with van der Waals surface area (Å²) in [4.78, 5) is 17.2. The molecule has 0 fully saturated rings. The minimum atomic E-state index is -0.177. The fourth-order valence-electron chi connectivity index (χ4n) is 2.46. The van der Waals surface area contributed by atoms with E-state index in [4.69, 9.17) is 0 Å². The highest BCUT2D eigenvalue weighted by atomic mass is 79.9. The smallest absolute Gasteiger partial charge is 0.175 e. The molecule has 0 aliphatic carbocycles. The van der Waals surface area contributed by atoms with Crippen LogP contribution >= 0.6 is 27.7 Å². The van der Waals surface area contributed by atoms with E-state index in [1.807, 2.05) is 49.4 Å². The first-order valence-corrected chi connectivity index (χ1v) is 9.04. The molecule has 0 amide bonds. The number of hydrogen-bond donors (Lipinski definition) is 0. The van der Waals surface area contributed by atoms with Crippen LogP contribution in [0.15, 0.2) is 64.1 Å². The number of pyridine rings is 1. The van der Waals surface area contributed by atoms with Gasteiger partial charge < -0.3 is 0 Å². The first kappa shape index (κ1) is 16.2. The lowest BCUT2D eigenvalue weighted by Gasteiger charge is -2.11. The Morgan fingerprint density at radius 2 is 1.83 bits per heavy atom. The minimum Gasteiger partial charge on any atom is -0.293 e. The Balaban J connectivity index is 1.83. The summed E-state index contributed by atoms with van der Waals surface area (Å²) < 4.78 is 0.973. The highest BCUT2D eigenvalue weighted by Gasteiger charge is 2.17. The Kier molecular flexibility index (Phi) is 4.83. The highest BCUT2D eigenvalue weighted by Crippen LogP contribution is 2.28. The first-order chi connectivity index (χ1) is 11.0. The number of thioether (sulfide) groups is 1. The predicted octanol–water partition coefficient (Wildman–Crippen LogP) is 5.67. The molecule has 1 atom stereocenters. The summed E-state index contributed by atoms with van der Waals surface area (Å²) in [6.07, 6.45) is 0. The van der Waals surface area contributed by atoms with Crippen LogP contribution in [-0.4, -0.2) is 16.0 Å². The summed E-state index contributed by atoms with van der Waals surface area (Å²) in [6, 6.07) is 17.6. The van der Waals surface area contributed by atoms with Crippen molar-refractivity contribution in [3.05, 3.63) is 70.2 Å². The van der Waals surface area contributed by atoms with Gasteiger partial charge in [0.1, 0.15) is 0 Å². The summed E-state index contributed by atoms with van der Waals surface area (Å²) in [5.74, 6) is 0.120. The lowest BCUT2D eigenvalue weighted by Crippen LogP contribution is -2.13. The fourth-order valence-corrected chi connectivity index (χ4v) is 3.73. The maximum atomic E-state index is 12.5. The SMILES string of the molecule is Cc1cc(S[C@@H](C)C(=O)c2ccc(Br)cc2)nc2ccccc12. The summed E-state index contributed by atoms with van der Waals surface area (Å²) in [6.45, 7) is 4.01. The van der Waals surface area contributed by atoms with Crippen LogP contribution in [0, 0.1) is 6.92 Å². The van der Waals surface area contributed by atoms with Crippen LogP contribution in [0.1, 0.15) is 22.8 Å². The molecule has 0 aliphatic rings. The van der Waals surface area contributed by atoms with Gasteiger partial charge in [-0.25, -0.2) is 4.98 Å². The maximum Gasteiger partial charge on any atom is 0.175 e. The van der Waals surface area contributed by atoms with Crippen molar-refractivity contribution in [2.24, 2.45) is 0 Å². The Hall–Kier alpha value is -1.65. The molecule has 0 saturated carbocycles. The number of aryl methyl sites for hydroxylation is 1. The molecule has 2 nitrogen and oxygen atoms in total. The standard InChI is InChI=1S/C19H16BrNOS/c1-12-11-18(21-17-6-4-3-5-16(12)17)23-13(2)19(22)14-7-9-15(20)10-8-14/h3-11,13H,1-2H3/t13-/m0/s1. The number of hydrogen-bond acceptors (Lipinski definition) is 3. The number of Topliss-reactive ketones (excluding diaryl/α,β-unsaturated/α-hetero) is 1. The zero-order chi connectivity index (χ0) is 16.4. The lowest BCUT2D eigenvalue weighted by molar-refractivity contribution is 0.0994. The molecule has 0 N–H and O–H groups in total. The van der Waals surface area contributed by atoms with Crippen molar-refractivity contribution in [2.75, 3.05) is 0 Å². The first-order valence-electron chi connectivity index (χ1n) is 7.37. The monoisotopic (exact) mass is 385 g/mol. The van der Waals surface area contributed by atoms with Crippen LogP contribution in [0.5, 0.6) is 0 Å². The van der Waals surface area contributed by atoms with Crippen LogP contribution in [-0.2, 0) is 0 Å². The second-order valence-corrected chi connectivity index (χ2v) is 7.70. The Labute approximate surface area is 148 Å². The number of fused-ring (bicyclic) bond motifs is 1. The van der Waals surface area contributed by atoms with Crippen molar-refractivity contribution in [3.8, 4) is 0 Å². The molecule has 3 rings (SSSR count). The second-order valence-electron chi connectivity index (χ2n) is 5.43. The quantitative estimate of drug-likeness (QED) is 0.428. The van der Waals surface area contributed by atoms with Gasteiger partial charge in [0.25, 0.3) is 0 Å². The fraction of sp³-hybridized carbons (Fsp3) is 0.158. The van der Waals surface area contributed by atoms with E-state index in [2.05, 4.69) is 40.0 Å². The van der Waals surface area contributed by atoms with Crippen LogP contribution in [0.4, 0.5) is 0 Å². The molecule has 0 bridgehead atoms. The number of carbonyl (C=O) groups is 1. The third kappa shape index (κ3) is 3.65. The summed E-state index contributed by atoms with van der Waals surface area (Å²) in [5, 5.41) is 1.87. The van der Waals surface area contributed by atoms with Crippen LogP contribution in [0.25, 0.3) is 10.9 Å². The van der Waals surface area contributed by atoms with Crippen LogP contribution in [0.2, 0.25) is 0 Å². The van der Waals surface area contributed by atoms with Gasteiger partial charge in [-0.2, -0.15) is 0 Å². The lowest BCUT2D eigenvalue weighted by atomic mass is 10.1. The molecule has 4 heteroatoms. The molecule has 1 heterocycles. The van der Waals surface area contributed by atoms with E-state index in [1.54, 1.807) is 0 Å². The zero-order valence-corrected chi connectivity index (χ0v) is 15.3. The number of para-hydroxylation sites is 1. The molecule has 0 spiro atoms. The van der Waals surface area contributed by atoms with Crippen molar-refractivity contribution in [1.29, 1.82) is 0 Å². The molecular weight excluding hydrogens is 370 g/mol. The molecule has 116 valence electrons.